The molecule has 0 spiro atoms. The van der Waals surface area contributed by atoms with E-state index in [1.807, 2.05) is 33.8 Å². The third-order valence-electron chi connectivity index (χ3n) is 6.48. The molecule has 1 aliphatic rings. The van der Waals surface area contributed by atoms with Crippen molar-refractivity contribution in [3.05, 3.63) is 64.9 Å². The first kappa shape index (κ1) is 32.9. The molecule has 0 unspecified atom stereocenters. The van der Waals surface area contributed by atoms with Crippen LogP contribution in [0.15, 0.2) is 48.9 Å². The number of aromatic nitrogens is 3. The minimum Gasteiger partial charge on any atom is -0.494 e. The summed E-state index contributed by atoms with van der Waals surface area (Å²) in [6.07, 6.45) is 4.64. The number of fused-ring (bicyclic) bond motifs is 1. The summed E-state index contributed by atoms with van der Waals surface area (Å²) in [6.45, 7) is 11.0. The van der Waals surface area contributed by atoms with E-state index in [0.717, 1.165) is 4.88 Å². The molecule has 228 valence electrons. The maximum absolute atomic E-state index is 13.4. The second kappa shape index (κ2) is 15.6. The van der Waals surface area contributed by atoms with Crippen LogP contribution in [0.25, 0.3) is 21.6 Å². The van der Waals surface area contributed by atoms with Crippen molar-refractivity contribution < 1.29 is 23.9 Å². The minimum atomic E-state index is -0.676. The number of ketones is 1. The fraction of sp³-hybridized carbons (Fsp3) is 0.355. The molecule has 1 saturated heterocycles. The van der Waals surface area contributed by atoms with Crippen molar-refractivity contribution in [2.45, 2.75) is 41.2 Å². The third-order valence-corrected chi connectivity index (χ3v) is 7.48. The van der Waals surface area contributed by atoms with Crippen LogP contribution >= 0.6 is 11.3 Å². The van der Waals surface area contributed by atoms with Crippen LogP contribution in [0.2, 0.25) is 0 Å². The summed E-state index contributed by atoms with van der Waals surface area (Å²) in [5.41, 5.74) is 1.79. The highest BCUT2D eigenvalue weighted by molar-refractivity contribution is 7.15. The molecule has 43 heavy (non-hydrogen) atoms. The van der Waals surface area contributed by atoms with Crippen LogP contribution < -0.4 is 10.1 Å². The number of nitrogens with zero attached hydrogens (tertiary/aromatic N) is 4. The Balaban J connectivity index is 0.00000121. The van der Waals surface area contributed by atoms with E-state index in [0.29, 0.717) is 52.6 Å². The Morgan fingerprint density at radius 3 is 2.23 bits per heavy atom. The molecule has 4 heterocycles. The van der Waals surface area contributed by atoms with Crippen LogP contribution in [0.3, 0.4) is 0 Å². The molecule has 0 aliphatic carbocycles. The van der Waals surface area contributed by atoms with Crippen LogP contribution in [-0.4, -0.2) is 81.5 Å². The number of benzene rings is 1. The van der Waals surface area contributed by atoms with Gasteiger partial charge in [0.15, 0.2) is 0 Å². The number of Topliss-reactive ketones (excluding diaryl/α,β-unsaturated/α-hetero) is 1. The van der Waals surface area contributed by atoms with Crippen LogP contribution in [0.4, 0.5) is 0 Å². The number of hydrogen-bond donors (Lipinski definition) is 2. The smallest absolute Gasteiger partial charge is 0.295 e. The molecular weight excluding hydrogens is 568 g/mol. The molecule has 5 rings (SSSR count). The van der Waals surface area contributed by atoms with Crippen LogP contribution in [0.5, 0.6) is 5.75 Å². The number of piperazine rings is 1. The molecule has 2 N–H and O–H groups in total. The molecule has 0 atom stereocenters. The van der Waals surface area contributed by atoms with E-state index >= 15 is 0 Å². The second-order valence-corrected chi connectivity index (χ2v) is 10.1. The second-order valence-electron chi connectivity index (χ2n) is 8.95. The Hall–Kier alpha value is -4.58. The number of pyridine rings is 1. The van der Waals surface area contributed by atoms with Gasteiger partial charge in [0.1, 0.15) is 16.5 Å². The number of rotatable bonds is 7. The summed E-state index contributed by atoms with van der Waals surface area (Å²) >= 11 is 1.36. The number of amides is 3. The van der Waals surface area contributed by atoms with E-state index in [1.165, 1.54) is 42.7 Å². The van der Waals surface area contributed by atoms with Gasteiger partial charge in [-0.1, -0.05) is 45.9 Å². The SMILES string of the molecule is CC.CC.COc1cnc(-c2ncc(CNC(C)=O)s2)c2[nH]cc(C(=O)C(=O)N3CCN(C(=O)c4ccccc4)CC3)c12. The largest absolute Gasteiger partial charge is 0.494 e. The number of hydrogen-bond acceptors (Lipinski definition) is 8. The molecule has 1 aliphatic heterocycles. The summed E-state index contributed by atoms with van der Waals surface area (Å²) in [5.74, 6) is -1.21. The summed E-state index contributed by atoms with van der Waals surface area (Å²) in [7, 11) is 1.47. The first-order valence-corrected chi connectivity index (χ1v) is 15.1. The van der Waals surface area contributed by atoms with E-state index in [4.69, 9.17) is 4.74 Å². The molecule has 3 amide bonds. The zero-order valence-electron chi connectivity index (χ0n) is 25.4. The average Bonchev–Trinajstić information content (AvgIpc) is 3.73. The van der Waals surface area contributed by atoms with Crippen molar-refractivity contribution in [1.82, 2.24) is 30.1 Å². The van der Waals surface area contributed by atoms with Crippen LogP contribution in [-0.2, 0) is 16.1 Å². The van der Waals surface area contributed by atoms with Gasteiger partial charge in [-0.05, 0) is 12.1 Å². The fourth-order valence-corrected chi connectivity index (χ4v) is 5.31. The van der Waals surface area contributed by atoms with Crippen molar-refractivity contribution in [2.24, 2.45) is 0 Å². The van der Waals surface area contributed by atoms with E-state index in [-0.39, 0.29) is 30.5 Å². The molecule has 12 heteroatoms. The fourth-order valence-electron chi connectivity index (χ4n) is 4.46. The average molecular weight is 607 g/mol. The summed E-state index contributed by atoms with van der Waals surface area (Å²) in [4.78, 5) is 66.6. The maximum atomic E-state index is 13.4. The molecule has 0 saturated carbocycles. The van der Waals surface area contributed by atoms with Crippen molar-refractivity contribution in [3.63, 3.8) is 0 Å². The highest BCUT2D eigenvalue weighted by atomic mass is 32.1. The highest BCUT2D eigenvalue weighted by Gasteiger charge is 2.31. The number of H-pyrrole nitrogens is 1. The number of ether oxygens (including phenoxy) is 1. The Morgan fingerprint density at radius 1 is 0.953 bits per heavy atom. The quantitative estimate of drug-likeness (QED) is 0.233. The zero-order chi connectivity index (χ0) is 31.5. The zero-order valence-corrected chi connectivity index (χ0v) is 26.2. The summed E-state index contributed by atoms with van der Waals surface area (Å²) in [5, 5.41) is 3.77. The van der Waals surface area contributed by atoms with Crippen LogP contribution in [0.1, 0.15) is 60.2 Å². The van der Waals surface area contributed by atoms with Crippen molar-refractivity contribution in [1.29, 1.82) is 0 Å². The van der Waals surface area contributed by atoms with E-state index in [9.17, 15) is 19.2 Å². The normalized spacial score (nSPS) is 12.4. The molecule has 1 fully saturated rings. The first-order chi connectivity index (χ1) is 20.9. The van der Waals surface area contributed by atoms with Gasteiger partial charge >= 0.3 is 0 Å². The van der Waals surface area contributed by atoms with Gasteiger partial charge in [0.25, 0.3) is 17.6 Å². The monoisotopic (exact) mass is 606 g/mol. The Kier molecular flexibility index (Phi) is 11.9. The molecule has 11 nitrogen and oxygen atoms in total. The predicted molar refractivity (Wildman–Crippen MR) is 167 cm³/mol. The number of carbonyl (C=O) groups is 4. The molecule has 0 bridgehead atoms. The van der Waals surface area contributed by atoms with Gasteiger partial charge in [-0.15, -0.1) is 11.3 Å². The highest BCUT2D eigenvalue weighted by Crippen LogP contribution is 2.36. The van der Waals surface area contributed by atoms with Gasteiger partial charge in [-0.2, -0.15) is 0 Å². The molecule has 0 radical (unpaired) electrons. The van der Waals surface area contributed by atoms with Crippen molar-refractivity contribution >= 4 is 45.7 Å². The summed E-state index contributed by atoms with van der Waals surface area (Å²) in [6, 6.07) is 8.97. The Morgan fingerprint density at radius 2 is 1.60 bits per heavy atom. The lowest BCUT2D eigenvalue weighted by Gasteiger charge is -2.34. The number of thiazole rings is 1. The van der Waals surface area contributed by atoms with E-state index < -0.39 is 11.7 Å². The number of methoxy groups -OCH3 is 1. The van der Waals surface area contributed by atoms with E-state index in [1.54, 1.807) is 35.4 Å². The number of aromatic amines is 1. The number of nitrogens with one attached hydrogen (secondary N) is 2. The molecule has 3 aromatic heterocycles. The topological polar surface area (TPSA) is 138 Å². The van der Waals surface area contributed by atoms with Gasteiger partial charge in [0.05, 0.1) is 36.3 Å². The minimum absolute atomic E-state index is 0.0992. The predicted octanol–water partition coefficient (Wildman–Crippen LogP) is 4.55. The molecular formula is C31H38N6O5S. The van der Waals surface area contributed by atoms with Gasteiger partial charge in [-0.25, -0.2) is 9.97 Å². The first-order valence-electron chi connectivity index (χ1n) is 14.3. The van der Waals surface area contributed by atoms with Crippen LogP contribution in [0, 0.1) is 0 Å². The molecule has 1 aromatic carbocycles. The summed E-state index contributed by atoms with van der Waals surface area (Å²) < 4.78 is 5.48. The Bertz CT molecular complexity index is 1560. The van der Waals surface area contributed by atoms with Crippen molar-refractivity contribution in [3.8, 4) is 16.5 Å². The van der Waals surface area contributed by atoms with Gasteiger partial charge in [0.2, 0.25) is 5.91 Å². The maximum Gasteiger partial charge on any atom is 0.295 e. The lowest BCUT2D eigenvalue weighted by atomic mass is 10.1. The van der Waals surface area contributed by atoms with E-state index in [2.05, 4.69) is 20.3 Å². The van der Waals surface area contributed by atoms with Gasteiger partial charge in [-0.3, -0.25) is 19.2 Å². The van der Waals surface area contributed by atoms with Gasteiger partial charge in [0, 0.05) is 55.9 Å². The lowest BCUT2D eigenvalue weighted by molar-refractivity contribution is -0.127. The third kappa shape index (κ3) is 7.44. The standard InChI is InChI=1S/C27H26N6O5S.2C2H6/c1-16(34)28-12-18-13-31-25(39-18)23-22-21(20(38-2)15-30-23)19(14-29-22)24(35)27(37)33-10-8-32(9-11-33)26(36)17-6-4-3-5-7-17;2*1-2/h3-7,13-15,29H,8-12H2,1-2H3,(H,28,34);2*1-2H3. The molecule has 4 aromatic rings. The van der Waals surface area contributed by atoms with Gasteiger partial charge < -0.3 is 24.8 Å². The number of carbonyl (C=O) groups excluding carboxylic acids is 4. The van der Waals surface area contributed by atoms with Crippen molar-refractivity contribution in [2.75, 3.05) is 33.3 Å². The Labute approximate surface area is 255 Å². The lowest BCUT2D eigenvalue weighted by Crippen LogP contribution is -2.52.